The fraction of sp³-hybridized carbons (Fsp3) is 1.00. The van der Waals surface area contributed by atoms with Crippen molar-refractivity contribution in [3.63, 3.8) is 0 Å². The molecule has 0 aliphatic carbocycles. The van der Waals surface area contributed by atoms with Gasteiger partial charge in [0.2, 0.25) is 0 Å². The van der Waals surface area contributed by atoms with Crippen molar-refractivity contribution < 1.29 is 0 Å². The molecule has 0 saturated heterocycles. The molecule has 0 aromatic heterocycles. The lowest BCUT2D eigenvalue weighted by atomic mass is 10.1. The molecule has 0 amide bonds. The molecule has 0 aromatic carbocycles. The van der Waals surface area contributed by atoms with E-state index in [1.54, 1.807) is 0 Å². The maximum atomic E-state index is 3.61. The SMILES string of the molecule is CCCC(C)N(C)C(CC)CNC(C)(C)C. The molecule has 2 nitrogen and oxygen atoms in total. The summed E-state index contributed by atoms with van der Waals surface area (Å²) >= 11 is 0. The van der Waals surface area contributed by atoms with Gasteiger partial charge < -0.3 is 5.32 Å². The van der Waals surface area contributed by atoms with Gasteiger partial charge >= 0.3 is 0 Å². The zero-order valence-corrected chi connectivity index (χ0v) is 12.4. The van der Waals surface area contributed by atoms with Gasteiger partial charge in [-0.05, 0) is 47.6 Å². The van der Waals surface area contributed by atoms with E-state index in [2.05, 4.69) is 58.8 Å². The molecule has 2 atom stereocenters. The molecule has 2 unspecified atom stereocenters. The van der Waals surface area contributed by atoms with E-state index in [0.29, 0.717) is 12.1 Å². The summed E-state index contributed by atoms with van der Waals surface area (Å²) in [6, 6.07) is 1.34. The van der Waals surface area contributed by atoms with Crippen molar-refractivity contribution in [1.29, 1.82) is 0 Å². The Hall–Kier alpha value is -0.0800. The van der Waals surface area contributed by atoms with Gasteiger partial charge in [-0.15, -0.1) is 0 Å². The van der Waals surface area contributed by atoms with E-state index in [9.17, 15) is 0 Å². The number of likely N-dealkylation sites (N-methyl/N-ethyl adjacent to an activating group) is 1. The van der Waals surface area contributed by atoms with Crippen molar-refractivity contribution in [3.05, 3.63) is 0 Å². The maximum absolute atomic E-state index is 3.61. The van der Waals surface area contributed by atoms with Crippen molar-refractivity contribution in [1.82, 2.24) is 10.2 Å². The van der Waals surface area contributed by atoms with E-state index < -0.39 is 0 Å². The van der Waals surface area contributed by atoms with Crippen LogP contribution in [0.2, 0.25) is 0 Å². The first kappa shape index (κ1) is 15.9. The molecular weight excluding hydrogens is 196 g/mol. The fourth-order valence-corrected chi connectivity index (χ4v) is 1.98. The molecule has 0 rings (SSSR count). The highest BCUT2D eigenvalue weighted by molar-refractivity contribution is 4.79. The van der Waals surface area contributed by atoms with Crippen LogP contribution < -0.4 is 5.32 Å². The second-order valence-electron chi connectivity index (χ2n) is 6.00. The van der Waals surface area contributed by atoms with E-state index >= 15 is 0 Å². The normalized spacial score (nSPS) is 16.5. The minimum absolute atomic E-state index is 0.224. The van der Waals surface area contributed by atoms with Gasteiger partial charge in [0.1, 0.15) is 0 Å². The van der Waals surface area contributed by atoms with Crippen LogP contribution in [-0.2, 0) is 0 Å². The summed E-state index contributed by atoms with van der Waals surface area (Å²) in [4.78, 5) is 2.53. The molecule has 1 N–H and O–H groups in total. The van der Waals surface area contributed by atoms with E-state index in [1.165, 1.54) is 19.3 Å². The number of hydrogen-bond acceptors (Lipinski definition) is 2. The molecule has 98 valence electrons. The summed E-state index contributed by atoms with van der Waals surface area (Å²) in [6.07, 6.45) is 3.78. The average Bonchev–Trinajstić information content (AvgIpc) is 2.17. The highest BCUT2D eigenvalue weighted by Gasteiger charge is 2.19. The predicted molar refractivity (Wildman–Crippen MR) is 74.0 cm³/mol. The van der Waals surface area contributed by atoms with Crippen LogP contribution in [0.25, 0.3) is 0 Å². The van der Waals surface area contributed by atoms with E-state index in [-0.39, 0.29) is 5.54 Å². The van der Waals surface area contributed by atoms with E-state index in [1.807, 2.05) is 0 Å². The van der Waals surface area contributed by atoms with Crippen molar-refractivity contribution in [2.75, 3.05) is 13.6 Å². The van der Waals surface area contributed by atoms with Crippen LogP contribution in [0.3, 0.4) is 0 Å². The molecule has 16 heavy (non-hydrogen) atoms. The third-order valence-electron chi connectivity index (χ3n) is 3.32. The standard InChI is InChI=1S/C14H32N2/c1-8-10-12(3)16(7)13(9-2)11-15-14(4,5)6/h12-13,15H,8-11H2,1-7H3. The van der Waals surface area contributed by atoms with Crippen molar-refractivity contribution >= 4 is 0 Å². The Morgan fingerprint density at radius 1 is 1.19 bits per heavy atom. The van der Waals surface area contributed by atoms with Gasteiger partial charge in [0.05, 0.1) is 0 Å². The lowest BCUT2D eigenvalue weighted by Crippen LogP contribution is -2.48. The second-order valence-corrected chi connectivity index (χ2v) is 6.00. The van der Waals surface area contributed by atoms with Crippen LogP contribution in [0.4, 0.5) is 0 Å². The smallest absolute Gasteiger partial charge is 0.0217 e. The highest BCUT2D eigenvalue weighted by Crippen LogP contribution is 2.11. The Morgan fingerprint density at radius 3 is 2.12 bits per heavy atom. The minimum atomic E-state index is 0.224. The van der Waals surface area contributed by atoms with Gasteiger partial charge in [-0.3, -0.25) is 4.90 Å². The zero-order valence-electron chi connectivity index (χ0n) is 12.4. The molecule has 0 bridgehead atoms. The van der Waals surface area contributed by atoms with Gasteiger partial charge in [-0.1, -0.05) is 20.3 Å². The zero-order chi connectivity index (χ0) is 12.8. The number of hydrogen-bond donors (Lipinski definition) is 1. The van der Waals surface area contributed by atoms with Gasteiger partial charge in [0, 0.05) is 24.2 Å². The summed E-state index contributed by atoms with van der Waals surface area (Å²) in [5.74, 6) is 0. The minimum Gasteiger partial charge on any atom is -0.311 e. The monoisotopic (exact) mass is 228 g/mol. The quantitative estimate of drug-likeness (QED) is 0.719. The first-order valence-electron chi connectivity index (χ1n) is 6.78. The van der Waals surface area contributed by atoms with Crippen LogP contribution in [-0.4, -0.2) is 36.1 Å². The van der Waals surface area contributed by atoms with E-state index in [0.717, 1.165) is 6.54 Å². The third-order valence-corrected chi connectivity index (χ3v) is 3.32. The van der Waals surface area contributed by atoms with Crippen molar-refractivity contribution in [2.45, 2.75) is 78.4 Å². The van der Waals surface area contributed by atoms with Crippen molar-refractivity contribution in [3.8, 4) is 0 Å². The van der Waals surface area contributed by atoms with Crippen molar-refractivity contribution in [2.24, 2.45) is 0 Å². The first-order valence-corrected chi connectivity index (χ1v) is 6.78. The molecule has 0 aliphatic rings. The van der Waals surface area contributed by atoms with Crippen LogP contribution >= 0.6 is 0 Å². The second kappa shape index (κ2) is 7.29. The molecule has 0 heterocycles. The van der Waals surface area contributed by atoms with Crippen LogP contribution in [0.5, 0.6) is 0 Å². The Kier molecular flexibility index (Phi) is 7.25. The highest BCUT2D eigenvalue weighted by atomic mass is 15.2. The molecular formula is C14H32N2. The Labute approximate surface area is 103 Å². The molecule has 0 radical (unpaired) electrons. The maximum Gasteiger partial charge on any atom is 0.0217 e. The lowest BCUT2D eigenvalue weighted by Gasteiger charge is -2.35. The lowest BCUT2D eigenvalue weighted by molar-refractivity contribution is 0.159. The third kappa shape index (κ3) is 6.49. The molecule has 0 fully saturated rings. The van der Waals surface area contributed by atoms with E-state index in [4.69, 9.17) is 0 Å². The summed E-state index contributed by atoms with van der Waals surface area (Å²) in [5, 5.41) is 3.61. The summed E-state index contributed by atoms with van der Waals surface area (Å²) in [6.45, 7) is 14.7. The molecule has 0 aromatic rings. The Balaban J connectivity index is 4.16. The number of nitrogens with zero attached hydrogens (tertiary/aromatic N) is 1. The Bertz CT molecular complexity index is 172. The van der Waals surface area contributed by atoms with Crippen LogP contribution in [0.1, 0.15) is 60.8 Å². The van der Waals surface area contributed by atoms with Crippen LogP contribution in [0, 0.1) is 0 Å². The van der Waals surface area contributed by atoms with Gasteiger partial charge in [0.25, 0.3) is 0 Å². The largest absolute Gasteiger partial charge is 0.311 e. The average molecular weight is 228 g/mol. The topological polar surface area (TPSA) is 15.3 Å². The number of rotatable bonds is 7. The Morgan fingerprint density at radius 2 is 1.75 bits per heavy atom. The summed E-state index contributed by atoms with van der Waals surface area (Å²) < 4.78 is 0. The molecule has 0 spiro atoms. The molecule has 2 heteroatoms. The van der Waals surface area contributed by atoms with Crippen LogP contribution in [0.15, 0.2) is 0 Å². The fourth-order valence-electron chi connectivity index (χ4n) is 1.98. The number of nitrogens with one attached hydrogen (secondary N) is 1. The predicted octanol–water partition coefficient (Wildman–Crippen LogP) is 3.27. The van der Waals surface area contributed by atoms with Gasteiger partial charge in [0.15, 0.2) is 0 Å². The van der Waals surface area contributed by atoms with Gasteiger partial charge in [-0.25, -0.2) is 0 Å². The molecule has 0 aliphatic heterocycles. The summed E-state index contributed by atoms with van der Waals surface area (Å²) in [5.41, 5.74) is 0.224. The molecule has 0 saturated carbocycles. The summed E-state index contributed by atoms with van der Waals surface area (Å²) in [7, 11) is 2.26. The first-order chi connectivity index (χ1) is 7.31. The van der Waals surface area contributed by atoms with Gasteiger partial charge in [-0.2, -0.15) is 0 Å².